The van der Waals surface area contributed by atoms with Gasteiger partial charge < -0.3 is 5.32 Å². The molecule has 0 saturated carbocycles. The van der Waals surface area contributed by atoms with Crippen molar-refractivity contribution in [1.82, 2.24) is 20.2 Å². The van der Waals surface area contributed by atoms with E-state index in [0.29, 0.717) is 0 Å². The largest absolute Gasteiger partial charge is 0.339 e. The van der Waals surface area contributed by atoms with Crippen molar-refractivity contribution in [2.24, 2.45) is 0 Å². The second kappa shape index (κ2) is 4.89. The van der Waals surface area contributed by atoms with Crippen LogP contribution in [0.1, 0.15) is 5.69 Å². The van der Waals surface area contributed by atoms with Crippen LogP contribution in [0.4, 0.5) is 11.5 Å². The number of H-pyrrole nitrogens is 1. The van der Waals surface area contributed by atoms with Crippen molar-refractivity contribution in [3.05, 3.63) is 36.2 Å². The molecule has 0 amide bonds. The van der Waals surface area contributed by atoms with Crippen LogP contribution >= 0.6 is 11.8 Å². The summed E-state index contributed by atoms with van der Waals surface area (Å²) in [5, 5.41) is 12.4. The number of anilines is 2. The third-order valence-corrected chi connectivity index (χ3v) is 3.40. The van der Waals surface area contributed by atoms with Crippen LogP contribution < -0.4 is 5.32 Å². The van der Waals surface area contributed by atoms with Crippen molar-refractivity contribution in [2.45, 2.75) is 12.1 Å². The lowest BCUT2D eigenvalue weighted by Gasteiger charge is -2.07. The summed E-state index contributed by atoms with van der Waals surface area (Å²) >= 11 is 1.52. The van der Waals surface area contributed by atoms with Crippen LogP contribution in [0.15, 0.2) is 35.6 Å². The fourth-order valence-corrected chi connectivity index (χ4v) is 2.33. The lowest BCUT2D eigenvalue weighted by molar-refractivity contribution is 0.976. The van der Waals surface area contributed by atoms with Crippen LogP contribution in [0, 0.1) is 6.92 Å². The molecule has 3 rings (SSSR count). The summed E-state index contributed by atoms with van der Waals surface area (Å²) < 4.78 is 0. The molecule has 5 nitrogen and oxygen atoms in total. The van der Waals surface area contributed by atoms with Gasteiger partial charge in [0.1, 0.15) is 5.82 Å². The number of hydrogen-bond donors (Lipinski definition) is 2. The van der Waals surface area contributed by atoms with E-state index in [2.05, 4.69) is 25.5 Å². The van der Waals surface area contributed by atoms with Gasteiger partial charge in [-0.25, -0.2) is 9.97 Å². The van der Waals surface area contributed by atoms with Gasteiger partial charge in [-0.1, -0.05) is 17.8 Å². The van der Waals surface area contributed by atoms with Gasteiger partial charge in [0, 0.05) is 17.3 Å². The Morgan fingerprint density at radius 3 is 3.00 bits per heavy atom. The lowest BCUT2D eigenvalue weighted by atomic mass is 10.2. The Bertz CT molecular complexity index is 722. The molecule has 0 saturated heterocycles. The Labute approximate surface area is 114 Å². The van der Waals surface area contributed by atoms with Crippen molar-refractivity contribution in [1.29, 1.82) is 0 Å². The summed E-state index contributed by atoms with van der Waals surface area (Å²) in [7, 11) is 0. The number of fused-ring (bicyclic) bond motifs is 1. The number of aryl methyl sites for hydroxylation is 1. The number of aromatic nitrogens is 4. The van der Waals surface area contributed by atoms with E-state index in [1.54, 1.807) is 6.20 Å². The summed E-state index contributed by atoms with van der Waals surface area (Å²) in [6.45, 7) is 2.01. The average Bonchev–Trinajstić information content (AvgIpc) is 2.82. The minimum atomic E-state index is 0.751. The molecule has 2 N–H and O–H groups in total. The van der Waals surface area contributed by atoms with Crippen LogP contribution in [0.25, 0.3) is 10.9 Å². The molecule has 0 radical (unpaired) electrons. The third kappa shape index (κ3) is 2.26. The van der Waals surface area contributed by atoms with Gasteiger partial charge in [0.25, 0.3) is 0 Å². The maximum atomic E-state index is 4.42. The fraction of sp³-hybridized carbons (Fsp3) is 0.154. The number of rotatable bonds is 3. The zero-order valence-electron chi connectivity index (χ0n) is 10.6. The molecule has 19 heavy (non-hydrogen) atoms. The van der Waals surface area contributed by atoms with Gasteiger partial charge in [-0.2, -0.15) is 5.10 Å². The zero-order valence-corrected chi connectivity index (χ0v) is 11.5. The highest BCUT2D eigenvalue weighted by atomic mass is 32.2. The Morgan fingerprint density at radius 2 is 2.16 bits per heavy atom. The third-order valence-electron chi connectivity index (χ3n) is 2.84. The van der Waals surface area contributed by atoms with Crippen LogP contribution in [0.3, 0.4) is 0 Å². The van der Waals surface area contributed by atoms with Gasteiger partial charge in [0.05, 0.1) is 11.2 Å². The van der Waals surface area contributed by atoms with Gasteiger partial charge >= 0.3 is 0 Å². The van der Waals surface area contributed by atoms with E-state index in [0.717, 1.165) is 33.3 Å². The van der Waals surface area contributed by atoms with Crippen molar-refractivity contribution in [2.75, 3.05) is 11.6 Å². The Hall–Kier alpha value is -2.08. The number of aromatic amines is 1. The van der Waals surface area contributed by atoms with Gasteiger partial charge in [-0.3, -0.25) is 5.10 Å². The first-order valence-electron chi connectivity index (χ1n) is 5.85. The number of nitrogens with one attached hydrogen (secondary N) is 2. The molecule has 0 aliphatic heterocycles. The minimum absolute atomic E-state index is 0.751. The molecule has 3 aromatic rings. The molecule has 0 bridgehead atoms. The molecule has 0 atom stereocenters. The predicted octanol–water partition coefficient (Wildman–Crippen LogP) is 3.13. The Balaban J connectivity index is 2.03. The second-order valence-electron chi connectivity index (χ2n) is 4.10. The molecule has 2 heterocycles. The lowest BCUT2D eigenvalue weighted by Crippen LogP contribution is -1.96. The molecule has 0 fully saturated rings. The van der Waals surface area contributed by atoms with Crippen molar-refractivity contribution >= 4 is 34.2 Å². The number of hydrogen-bond acceptors (Lipinski definition) is 5. The maximum absolute atomic E-state index is 4.42. The molecule has 96 valence electrons. The van der Waals surface area contributed by atoms with Gasteiger partial charge in [0.15, 0.2) is 5.16 Å². The Morgan fingerprint density at radius 1 is 1.26 bits per heavy atom. The van der Waals surface area contributed by atoms with Crippen LogP contribution in [0.2, 0.25) is 0 Å². The highest BCUT2D eigenvalue weighted by Crippen LogP contribution is 2.27. The predicted molar refractivity (Wildman–Crippen MR) is 77.9 cm³/mol. The molecular formula is C13H13N5S. The van der Waals surface area contributed by atoms with E-state index in [4.69, 9.17) is 0 Å². The van der Waals surface area contributed by atoms with Crippen molar-refractivity contribution in [3.8, 4) is 0 Å². The van der Waals surface area contributed by atoms with Gasteiger partial charge in [-0.15, -0.1) is 0 Å². The first-order chi connectivity index (χ1) is 9.28. The van der Waals surface area contributed by atoms with Gasteiger partial charge in [-0.05, 0) is 31.4 Å². The maximum Gasteiger partial charge on any atom is 0.189 e. The molecule has 0 spiro atoms. The first-order valence-corrected chi connectivity index (χ1v) is 7.08. The zero-order chi connectivity index (χ0) is 13.2. The monoisotopic (exact) mass is 271 g/mol. The number of benzene rings is 1. The molecule has 1 aromatic carbocycles. The van der Waals surface area contributed by atoms with Gasteiger partial charge in [0.2, 0.25) is 0 Å². The normalized spacial score (nSPS) is 10.8. The topological polar surface area (TPSA) is 66.5 Å². The van der Waals surface area contributed by atoms with E-state index in [9.17, 15) is 0 Å². The van der Waals surface area contributed by atoms with E-state index in [1.807, 2.05) is 37.4 Å². The molecule has 0 unspecified atom stereocenters. The smallest absolute Gasteiger partial charge is 0.189 e. The van der Waals surface area contributed by atoms with Crippen LogP contribution in [0.5, 0.6) is 0 Å². The highest BCUT2D eigenvalue weighted by molar-refractivity contribution is 7.98. The number of nitrogens with zero attached hydrogens (tertiary/aromatic N) is 3. The second-order valence-corrected chi connectivity index (χ2v) is 4.88. The number of thioether (sulfide) groups is 1. The quantitative estimate of drug-likeness (QED) is 0.566. The van der Waals surface area contributed by atoms with E-state index in [-0.39, 0.29) is 0 Å². The fourth-order valence-electron chi connectivity index (χ4n) is 1.98. The summed E-state index contributed by atoms with van der Waals surface area (Å²) in [6, 6.07) is 7.83. The Kier molecular flexibility index (Phi) is 3.08. The van der Waals surface area contributed by atoms with E-state index < -0.39 is 0 Å². The minimum Gasteiger partial charge on any atom is -0.339 e. The highest BCUT2D eigenvalue weighted by Gasteiger charge is 2.07. The summed E-state index contributed by atoms with van der Waals surface area (Å²) in [6.07, 6.45) is 3.71. The average molecular weight is 271 g/mol. The van der Waals surface area contributed by atoms with Crippen LogP contribution in [-0.2, 0) is 0 Å². The molecule has 0 aliphatic carbocycles. The van der Waals surface area contributed by atoms with E-state index >= 15 is 0 Å². The SMILES string of the molecule is CSc1nccc(Nc2cccc3n[nH]c(C)c23)n1. The molecule has 2 aromatic heterocycles. The summed E-state index contributed by atoms with van der Waals surface area (Å²) in [4.78, 5) is 8.58. The summed E-state index contributed by atoms with van der Waals surface area (Å²) in [5.41, 5.74) is 2.98. The standard InChI is InChI=1S/C13H13N5S/c1-8-12-9(4-3-5-10(12)18-17-8)15-11-6-7-14-13(16-11)19-2/h3-7H,1-2H3,(H,17,18)(H,14,15,16). The van der Waals surface area contributed by atoms with Crippen LogP contribution in [-0.4, -0.2) is 26.4 Å². The summed E-state index contributed by atoms with van der Waals surface area (Å²) in [5.74, 6) is 0.785. The molecule has 0 aliphatic rings. The van der Waals surface area contributed by atoms with E-state index in [1.165, 1.54) is 11.8 Å². The van der Waals surface area contributed by atoms with Crippen molar-refractivity contribution in [3.63, 3.8) is 0 Å². The first kappa shape index (κ1) is 12.0. The molecule has 6 heteroatoms. The molecular weight excluding hydrogens is 258 g/mol. The van der Waals surface area contributed by atoms with Crippen molar-refractivity contribution < 1.29 is 0 Å².